The van der Waals surface area contributed by atoms with E-state index in [0.717, 1.165) is 22.6 Å². The molecule has 1 aromatic carbocycles. The Morgan fingerprint density at radius 3 is 2.57 bits per heavy atom. The minimum atomic E-state index is -0.344. The predicted octanol–water partition coefficient (Wildman–Crippen LogP) is 3.84. The van der Waals surface area contributed by atoms with E-state index in [1.54, 1.807) is 6.07 Å². The van der Waals surface area contributed by atoms with Gasteiger partial charge in [-0.15, -0.1) is 0 Å². The van der Waals surface area contributed by atoms with Crippen LogP contribution in [0, 0.1) is 19.7 Å². The molecule has 0 aliphatic carbocycles. The van der Waals surface area contributed by atoms with Crippen LogP contribution < -0.4 is 10.1 Å². The highest BCUT2D eigenvalue weighted by atomic mass is 19.1. The molecule has 0 radical (unpaired) electrons. The SMILES string of the molecule is COc1ccc(CNc2c(C)nn(C(C)C)c2C)cc1F. The Kier molecular flexibility index (Phi) is 4.50. The lowest BCUT2D eigenvalue weighted by atomic mass is 10.2. The number of hydrogen-bond acceptors (Lipinski definition) is 3. The average Bonchev–Trinajstić information content (AvgIpc) is 2.72. The number of rotatable bonds is 5. The van der Waals surface area contributed by atoms with E-state index in [2.05, 4.69) is 24.3 Å². The first-order valence-electron chi connectivity index (χ1n) is 7.06. The molecule has 5 heteroatoms. The van der Waals surface area contributed by atoms with Gasteiger partial charge in [0.2, 0.25) is 0 Å². The van der Waals surface area contributed by atoms with Gasteiger partial charge < -0.3 is 10.1 Å². The summed E-state index contributed by atoms with van der Waals surface area (Å²) in [7, 11) is 1.46. The molecule has 0 bridgehead atoms. The molecule has 0 unspecified atom stereocenters. The number of halogens is 1. The van der Waals surface area contributed by atoms with Crippen molar-refractivity contribution >= 4 is 5.69 Å². The van der Waals surface area contributed by atoms with Crippen LogP contribution in [-0.2, 0) is 6.54 Å². The van der Waals surface area contributed by atoms with Crippen molar-refractivity contribution < 1.29 is 9.13 Å². The highest BCUT2D eigenvalue weighted by Gasteiger charge is 2.13. The predicted molar refractivity (Wildman–Crippen MR) is 82.4 cm³/mol. The lowest BCUT2D eigenvalue weighted by Crippen LogP contribution is -2.06. The number of anilines is 1. The summed E-state index contributed by atoms with van der Waals surface area (Å²) in [6.07, 6.45) is 0. The smallest absolute Gasteiger partial charge is 0.165 e. The van der Waals surface area contributed by atoms with Crippen LogP contribution in [0.4, 0.5) is 10.1 Å². The first kappa shape index (κ1) is 15.4. The summed E-state index contributed by atoms with van der Waals surface area (Å²) in [5.41, 5.74) is 3.93. The third kappa shape index (κ3) is 3.17. The summed E-state index contributed by atoms with van der Waals surface area (Å²) in [5, 5.41) is 7.87. The van der Waals surface area contributed by atoms with Gasteiger partial charge in [-0.1, -0.05) is 6.07 Å². The Hall–Kier alpha value is -2.04. The number of aryl methyl sites for hydroxylation is 1. The van der Waals surface area contributed by atoms with Gasteiger partial charge in [0.05, 0.1) is 24.2 Å². The molecule has 1 aromatic heterocycles. The molecule has 114 valence electrons. The minimum absolute atomic E-state index is 0.263. The fourth-order valence-electron chi connectivity index (χ4n) is 2.43. The van der Waals surface area contributed by atoms with Gasteiger partial charge in [0.15, 0.2) is 11.6 Å². The lowest BCUT2D eigenvalue weighted by molar-refractivity contribution is 0.386. The van der Waals surface area contributed by atoms with Crippen molar-refractivity contribution in [1.82, 2.24) is 9.78 Å². The number of nitrogens with one attached hydrogen (secondary N) is 1. The van der Waals surface area contributed by atoms with E-state index in [4.69, 9.17) is 4.74 Å². The molecule has 2 aromatic rings. The monoisotopic (exact) mass is 291 g/mol. The number of hydrogen-bond donors (Lipinski definition) is 1. The maximum absolute atomic E-state index is 13.7. The lowest BCUT2D eigenvalue weighted by Gasteiger charge is -2.10. The van der Waals surface area contributed by atoms with Gasteiger partial charge in [0, 0.05) is 12.6 Å². The summed E-state index contributed by atoms with van der Waals surface area (Å²) in [4.78, 5) is 0. The van der Waals surface area contributed by atoms with E-state index in [0.29, 0.717) is 12.6 Å². The molecule has 0 aliphatic heterocycles. The van der Waals surface area contributed by atoms with Gasteiger partial charge >= 0.3 is 0 Å². The van der Waals surface area contributed by atoms with E-state index < -0.39 is 0 Å². The molecule has 1 heterocycles. The van der Waals surface area contributed by atoms with Crippen LogP contribution in [-0.4, -0.2) is 16.9 Å². The van der Waals surface area contributed by atoms with Crippen LogP contribution in [0.2, 0.25) is 0 Å². The van der Waals surface area contributed by atoms with Gasteiger partial charge in [0.25, 0.3) is 0 Å². The second kappa shape index (κ2) is 6.16. The Balaban J connectivity index is 2.15. The van der Waals surface area contributed by atoms with Crippen LogP contribution in [0.5, 0.6) is 5.75 Å². The van der Waals surface area contributed by atoms with E-state index >= 15 is 0 Å². The zero-order valence-electron chi connectivity index (χ0n) is 13.2. The third-order valence-corrected chi connectivity index (χ3v) is 3.50. The molecule has 0 saturated heterocycles. The summed E-state index contributed by atoms with van der Waals surface area (Å²) < 4.78 is 20.6. The number of methoxy groups -OCH3 is 1. The highest BCUT2D eigenvalue weighted by Crippen LogP contribution is 2.24. The average molecular weight is 291 g/mol. The van der Waals surface area contributed by atoms with Crippen molar-refractivity contribution in [3.8, 4) is 5.75 Å². The van der Waals surface area contributed by atoms with Gasteiger partial charge in [-0.3, -0.25) is 4.68 Å². The number of ether oxygens (including phenoxy) is 1. The highest BCUT2D eigenvalue weighted by molar-refractivity contribution is 5.52. The van der Waals surface area contributed by atoms with Crippen LogP contribution in [0.1, 0.15) is 36.8 Å². The molecule has 0 fully saturated rings. The molecule has 0 saturated carbocycles. The normalized spacial score (nSPS) is 11.0. The molecular weight excluding hydrogens is 269 g/mol. The quantitative estimate of drug-likeness (QED) is 0.909. The minimum Gasteiger partial charge on any atom is -0.494 e. The maximum Gasteiger partial charge on any atom is 0.165 e. The fourth-order valence-corrected chi connectivity index (χ4v) is 2.43. The number of benzene rings is 1. The maximum atomic E-state index is 13.7. The Morgan fingerprint density at radius 1 is 1.33 bits per heavy atom. The summed E-state index contributed by atoms with van der Waals surface area (Å²) >= 11 is 0. The van der Waals surface area contributed by atoms with Crippen molar-refractivity contribution in [3.05, 3.63) is 41.0 Å². The van der Waals surface area contributed by atoms with Crippen LogP contribution in [0.15, 0.2) is 18.2 Å². The molecule has 2 rings (SSSR count). The molecule has 0 spiro atoms. The zero-order chi connectivity index (χ0) is 15.6. The number of nitrogens with zero attached hydrogens (tertiary/aromatic N) is 2. The van der Waals surface area contributed by atoms with Crippen LogP contribution >= 0.6 is 0 Å². The molecule has 0 aliphatic rings. The fraction of sp³-hybridized carbons (Fsp3) is 0.438. The standard InChI is InChI=1S/C16H22FN3O/c1-10(2)20-12(4)16(11(3)19-20)18-9-13-6-7-15(21-5)14(17)8-13/h6-8,10,18H,9H2,1-5H3. The Bertz CT molecular complexity index is 635. The van der Waals surface area contributed by atoms with Crippen LogP contribution in [0.3, 0.4) is 0 Å². The zero-order valence-corrected chi connectivity index (χ0v) is 13.2. The largest absolute Gasteiger partial charge is 0.494 e. The summed E-state index contributed by atoms with van der Waals surface area (Å²) in [5.74, 6) is -0.0816. The molecular formula is C16H22FN3O. The summed E-state index contributed by atoms with van der Waals surface area (Å²) in [6, 6.07) is 5.30. The first-order chi connectivity index (χ1) is 9.93. The van der Waals surface area contributed by atoms with Crippen molar-refractivity contribution in [2.45, 2.75) is 40.3 Å². The van der Waals surface area contributed by atoms with E-state index in [9.17, 15) is 4.39 Å². The third-order valence-electron chi connectivity index (χ3n) is 3.50. The van der Waals surface area contributed by atoms with Gasteiger partial charge in [-0.25, -0.2) is 4.39 Å². The molecule has 21 heavy (non-hydrogen) atoms. The van der Waals surface area contributed by atoms with Gasteiger partial charge in [-0.2, -0.15) is 5.10 Å². The van der Waals surface area contributed by atoms with E-state index in [-0.39, 0.29) is 11.6 Å². The Morgan fingerprint density at radius 2 is 2.05 bits per heavy atom. The first-order valence-corrected chi connectivity index (χ1v) is 7.06. The van der Waals surface area contributed by atoms with E-state index in [1.807, 2.05) is 24.6 Å². The van der Waals surface area contributed by atoms with Crippen LogP contribution in [0.25, 0.3) is 0 Å². The van der Waals surface area contributed by atoms with Crippen molar-refractivity contribution in [3.63, 3.8) is 0 Å². The van der Waals surface area contributed by atoms with Gasteiger partial charge in [-0.05, 0) is 45.4 Å². The number of aromatic nitrogens is 2. The second-order valence-electron chi connectivity index (χ2n) is 5.41. The molecule has 1 N–H and O–H groups in total. The van der Waals surface area contributed by atoms with Gasteiger partial charge in [0.1, 0.15) is 0 Å². The molecule has 0 amide bonds. The molecule has 0 atom stereocenters. The van der Waals surface area contributed by atoms with E-state index in [1.165, 1.54) is 13.2 Å². The second-order valence-corrected chi connectivity index (χ2v) is 5.41. The summed E-state index contributed by atoms with van der Waals surface area (Å²) in [6.45, 7) is 8.76. The van der Waals surface area contributed by atoms with Crippen molar-refractivity contribution in [1.29, 1.82) is 0 Å². The Labute approximate surface area is 124 Å². The topological polar surface area (TPSA) is 39.1 Å². The molecule has 4 nitrogen and oxygen atoms in total. The van der Waals surface area contributed by atoms with Crippen molar-refractivity contribution in [2.24, 2.45) is 0 Å². The van der Waals surface area contributed by atoms with Crippen molar-refractivity contribution in [2.75, 3.05) is 12.4 Å².